The van der Waals surface area contributed by atoms with Crippen molar-refractivity contribution in [2.75, 3.05) is 6.54 Å². The van der Waals surface area contributed by atoms with Crippen LogP contribution >= 0.6 is 0 Å². The highest BCUT2D eigenvalue weighted by Gasteiger charge is 2.34. The largest absolute Gasteiger partial charge is 0.389 e. The second kappa shape index (κ2) is 5.50. The lowest BCUT2D eigenvalue weighted by molar-refractivity contribution is 0.00183. The van der Waals surface area contributed by atoms with Crippen molar-refractivity contribution in [2.24, 2.45) is 5.92 Å². The van der Waals surface area contributed by atoms with Crippen molar-refractivity contribution in [2.45, 2.75) is 76.4 Å². The Balaban J connectivity index is 1.75. The van der Waals surface area contributed by atoms with Gasteiger partial charge in [0.1, 0.15) is 0 Å². The first-order valence-electron chi connectivity index (χ1n) is 7.19. The average molecular weight is 225 g/mol. The Labute approximate surface area is 99.8 Å². The Morgan fingerprint density at radius 2 is 1.94 bits per heavy atom. The minimum atomic E-state index is -0.390. The monoisotopic (exact) mass is 225 g/mol. The molecule has 0 aromatic rings. The Kier molecular flexibility index (Phi) is 4.26. The van der Waals surface area contributed by atoms with Crippen molar-refractivity contribution in [3.05, 3.63) is 0 Å². The molecule has 1 atom stereocenters. The molecular formula is C14H27NO. The van der Waals surface area contributed by atoms with E-state index in [-0.39, 0.29) is 5.60 Å². The Morgan fingerprint density at radius 1 is 1.25 bits per heavy atom. The molecule has 2 aliphatic rings. The first kappa shape index (κ1) is 12.4. The van der Waals surface area contributed by atoms with Gasteiger partial charge in [-0.3, -0.25) is 0 Å². The van der Waals surface area contributed by atoms with Gasteiger partial charge in [-0.05, 0) is 38.0 Å². The SMILES string of the molecule is CCCC(NCC1(O)CCCCC1)C1CC1. The molecule has 1 unspecified atom stereocenters. The summed E-state index contributed by atoms with van der Waals surface area (Å²) in [6.45, 7) is 3.08. The molecule has 16 heavy (non-hydrogen) atoms. The molecular weight excluding hydrogens is 198 g/mol. The van der Waals surface area contributed by atoms with Crippen molar-refractivity contribution in [3.8, 4) is 0 Å². The van der Waals surface area contributed by atoms with E-state index in [1.165, 1.54) is 44.9 Å². The molecule has 0 bridgehead atoms. The quantitative estimate of drug-likeness (QED) is 0.728. The van der Waals surface area contributed by atoms with E-state index in [0.717, 1.165) is 25.3 Å². The molecule has 0 radical (unpaired) electrons. The maximum atomic E-state index is 10.4. The van der Waals surface area contributed by atoms with Crippen molar-refractivity contribution in [1.29, 1.82) is 0 Å². The average Bonchev–Trinajstić information content (AvgIpc) is 3.09. The molecule has 2 rings (SSSR count). The Bertz CT molecular complexity index is 207. The number of hydrogen-bond donors (Lipinski definition) is 2. The van der Waals surface area contributed by atoms with E-state index < -0.39 is 0 Å². The third-order valence-electron chi connectivity index (χ3n) is 4.27. The lowest BCUT2D eigenvalue weighted by atomic mass is 9.84. The summed E-state index contributed by atoms with van der Waals surface area (Å²) >= 11 is 0. The number of nitrogens with one attached hydrogen (secondary N) is 1. The number of rotatable bonds is 6. The molecule has 2 nitrogen and oxygen atoms in total. The van der Waals surface area contributed by atoms with Crippen LogP contribution in [-0.2, 0) is 0 Å². The minimum Gasteiger partial charge on any atom is -0.389 e. The summed E-state index contributed by atoms with van der Waals surface area (Å²) in [6, 6.07) is 0.677. The molecule has 0 aromatic heterocycles. The number of hydrogen-bond acceptors (Lipinski definition) is 2. The molecule has 0 amide bonds. The molecule has 94 valence electrons. The summed E-state index contributed by atoms with van der Waals surface area (Å²) < 4.78 is 0. The smallest absolute Gasteiger partial charge is 0.0771 e. The van der Waals surface area contributed by atoms with Gasteiger partial charge >= 0.3 is 0 Å². The third-order valence-corrected chi connectivity index (χ3v) is 4.27. The maximum absolute atomic E-state index is 10.4. The molecule has 2 N–H and O–H groups in total. The normalized spacial score (nSPS) is 26.6. The maximum Gasteiger partial charge on any atom is 0.0771 e. The minimum absolute atomic E-state index is 0.390. The standard InChI is InChI=1S/C14H27NO/c1-2-6-13(12-7-8-12)15-11-14(16)9-4-3-5-10-14/h12-13,15-16H,2-11H2,1H3. The highest BCUT2D eigenvalue weighted by atomic mass is 16.3. The zero-order valence-electron chi connectivity index (χ0n) is 10.7. The Hall–Kier alpha value is -0.0800. The van der Waals surface area contributed by atoms with Crippen LogP contribution in [0.3, 0.4) is 0 Å². The molecule has 2 fully saturated rings. The van der Waals surface area contributed by atoms with Gasteiger partial charge in [0.05, 0.1) is 5.60 Å². The van der Waals surface area contributed by atoms with E-state index in [0.29, 0.717) is 6.04 Å². The lowest BCUT2D eigenvalue weighted by Gasteiger charge is -2.34. The predicted octanol–water partition coefficient (Wildman–Crippen LogP) is 2.85. The fraction of sp³-hybridized carbons (Fsp3) is 1.00. The van der Waals surface area contributed by atoms with Crippen molar-refractivity contribution in [3.63, 3.8) is 0 Å². The molecule has 2 aliphatic carbocycles. The van der Waals surface area contributed by atoms with Crippen molar-refractivity contribution < 1.29 is 5.11 Å². The molecule has 0 aliphatic heterocycles. The van der Waals surface area contributed by atoms with Crippen molar-refractivity contribution in [1.82, 2.24) is 5.32 Å². The molecule has 0 aromatic carbocycles. The van der Waals surface area contributed by atoms with Crippen LogP contribution < -0.4 is 5.32 Å². The van der Waals surface area contributed by atoms with Crippen molar-refractivity contribution >= 4 is 0 Å². The topological polar surface area (TPSA) is 32.3 Å². The molecule has 0 heterocycles. The van der Waals surface area contributed by atoms with E-state index in [1.54, 1.807) is 0 Å². The fourth-order valence-electron chi connectivity index (χ4n) is 3.02. The van der Waals surface area contributed by atoms with Gasteiger partial charge in [-0.1, -0.05) is 32.6 Å². The summed E-state index contributed by atoms with van der Waals surface area (Å²) in [5, 5.41) is 14.1. The van der Waals surface area contributed by atoms with Crippen LogP contribution in [0.15, 0.2) is 0 Å². The van der Waals surface area contributed by atoms with Gasteiger partial charge in [-0.2, -0.15) is 0 Å². The second-order valence-electron chi connectivity index (χ2n) is 5.90. The van der Waals surface area contributed by atoms with Crippen LogP contribution in [0.4, 0.5) is 0 Å². The van der Waals surface area contributed by atoms with Crippen LogP contribution in [0, 0.1) is 5.92 Å². The van der Waals surface area contributed by atoms with Gasteiger partial charge in [-0.15, -0.1) is 0 Å². The van der Waals surface area contributed by atoms with E-state index >= 15 is 0 Å². The van der Waals surface area contributed by atoms with E-state index in [9.17, 15) is 5.11 Å². The van der Waals surface area contributed by atoms with Crippen LogP contribution in [-0.4, -0.2) is 23.3 Å². The fourth-order valence-corrected chi connectivity index (χ4v) is 3.02. The van der Waals surface area contributed by atoms with E-state index in [2.05, 4.69) is 12.2 Å². The first-order valence-corrected chi connectivity index (χ1v) is 7.19. The van der Waals surface area contributed by atoms with Crippen LogP contribution in [0.25, 0.3) is 0 Å². The van der Waals surface area contributed by atoms with Crippen LogP contribution in [0.2, 0.25) is 0 Å². The summed E-state index contributed by atoms with van der Waals surface area (Å²) in [6.07, 6.45) is 11.1. The zero-order valence-corrected chi connectivity index (χ0v) is 10.7. The summed E-state index contributed by atoms with van der Waals surface area (Å²) in [5.74, 6) is 0.909. The summed E-state index contributed by atoms with van der Waals surface area (Å²) in [7, 11) is 0. The van der Waals surface area contributed by atoms with E-state index in [1.807, 2.05) is 0 Å². The molecule has 2 heteroatoms. The van der Waals surface area contributed by atoms with Crippen LogP contribution in [0.5, 0.6) is 0 Å². The predicted molar refractivity (Wildman–Crippen MR) is 67.5 cm³/mol. The van der Waals surface area contributed by atoms with E-state index in [4.69, 9.17) is 0 Å². The van der Waals surface area contributed by atoms with Crippen LogP contribution in [0.1, 0.15) is 64.7 Å². The Morgan fingerprint density at radius 3 is 2.50 bits per heavy atom. The third kappa shape index (κ3) is 3.46. The zero-order chi connectivity index (χ0) is 11.4. The van der Waals surface area contributed by atoms with Gasteiger partial charge in [0.25, 0.3) is 0 Å². The van der Waals surface area contributed by atoms with Gasteiger partial charge in [0, 0.05) is 12.6 Å². The molecule has 2 saturated carbocycles. The van der Waals surface area contributed by atoms with Gasteiger partial charge in [0.2, 0.25) is 0 Å². The van der Waals surface area contributed by atoms with Gasteiger partial charge in [-0.25, -0.2) is 0 Å². The summed E-state index contributed by atoms with van der Waals surface area (Å²) in [5.41, 5.74) is -0.390. The second-order valence-corrected chi connectivity index (χ2v) is 5.90. The van der Waals surface area contributed by atoms with Gasteiger partial charge < -0.3 is 10.4 Å². The van der Waals surface area contributed by atoms with Gasteiger partial charge in [0.15, 0.2) is 0 Å². The lowest BCUT2D eigenvalue weighted by Crippen LogP contribution is -2.46. The molecule has 0 saturated heterocycles. The first-order chi connectivity index (χ1) is 7.73. The number of aliphatic hydroxyl groups is 1. The highest BCUT2D eigenvalue weighted by molar-refractivity contribution is 4.90. The highest BCUT2D eigenvalue weighted by Crippen LogP contribution is 2.35. The summed E-state index contributed by atoms with van der Waals surface area (Å²) in [4.78, 5) is 0. The molecule has 0 spiro atoms.